The van der Waals surface area contributed by atoms with Crippen LogP contribution in [0.3, 0.4) is 0 Å². The molecule has 0 bridgehead atoms. The van der Waals surface area contributed by atoms with E-state index in [4.69, 9.17) is 0 Å². The summed E-state index contributed by atoms with van der Waals surface area (Å²) in [5.41, 5.74) is 2.23. The van der Waals surface area contributed by atoms with Gasteiger partial charge in [0, 0.05) is 13.6 Å². The second kappa shape index (κ2) is 6.16. The summed E-state index contributed by atoms with van der Waals surface area (Å²) in [5.74, 6) is -0.238. The van der Waals surface area contributed by atoms with Crippen LogP contribution >= 0.6 is 43.2 Å². The van der Waals surface area contributed by atoms with Gasteiger partial charge < -0.3 is 5.32 Å². The minimum Gasteiger partial charge on any atom is -0.309 e. The Kier molecular flexibility index (Phi) is 4.45. The summed E-state index contributed by atoms with van der Waals surface area (Å²) in [4.78, 5) is 0. The third-order valence-electron chi connectivity index (χ3n) is 3.45. The van der Waals surface area contributed by atoms with Crippen LogP contribution in [0.15, 0.2) is 50.7 Å². The molecule has 1 N–H and O–H groups in total. The lowest BCUT2D eigenvalue weighted by Crippen LogP contribution is -2.17. The van der Waals surface area contributed by atoms with Crippen molar-refractivity contribution >= 4 is 53.3 Å². The van der Waals surface area contributed by atoms with Gasteiger partial charge in [-0.1, -0.05) is 34.1 Å². The van der Waals surface area contributed by atoms with Gasteiger partial charge in [-0.3, -0.25) is 0 Å². The quantitative estimate of drug-likeness (QED) is 0.549. The van der Waals surface area contributed by atoms with E-state index in [1.807, 2.05) is 25.2 Å². The first kappa shape index (κ1) is 15.2. The number of thiophene rings is 1. The van der Waals surface area contributed by atoms with Gasteiger partial charge in [0.05, 0.1) is 6.04 Å². The number of benzene rings is 2. The molecule has 0 amide bonds. The molecular formula is C16H12Br2FNS. The molecule has 0 saturated heterocycles. The van der Waals surface area contributed by atoms with Crippen molar-refractivity contribution in [2.24, 2.45) is 0 Å². The molecular weight excluding hydrogens is 417 g/mol. The van der Waals surface area contributed by atoms with Crippen LogP contribution in [0.4, 0.5) is 4.39 Å². The fourth-order valence-electron chi connectivity index (χ4n) is 2.48. The van der Waals surface area contributed by atoms with E-state index in [2.05, 4.69) is 48.6 Å². The summed E-state index contributed by atoms with van der Waals surface area (Å²) in [7, 11) is 1.92. The highest BCUT2D eigenvalue weighted by Gasteiger charge is 2.19. The molecule has 5 heteroatoms. The monoisotopic (exact) mass is 427 g/mol. The SMILES string of the molecule is CNC(c1ccc(F)cc1Br)c1csc2c(Br)cccc12. The standard InChI is InChI=1S/C16H12Br2FNS/c1-20-15(11-6-5-9(19)7-14(11)18)12-8-21-16-10(12)3-2-4-13(16)17/h2-8,15,20H,1H3. The lowest BCUT2D eigenvalue weighted by molar-refractivity contribution is 0.622. The second-order valence-electron chi connectivity index (χ2n) is 4.70. The summed E-state index contributed by atoms with van der Waals surface area (Å²) in [6.07, 6.45) is 0. The first-order valence-electron chi connectivity index (χ1n) is 6.39. The average Bonchev–Trinajstić information content (AvgIpc) is 2.87. The summed E-state index contributed by atoms with van der Waals surface area (Å²) in [6.45, 7) is 0. The maximum Gasteiger partial charge on any atom is 0.124 e. The summed E-state index contributed by atoms with van der Waals surface area (Å²) >= 11 is 8.77. The Hall–Kier alpha value is -0.750. The zero-order valence-electron chi connectivity index (χ0n) is 11.2. The van der Waals surface area contributed by atoms with E-state index >= 15 is 0 Å². The van der Waals surface area contributed by atoms with Gasteiger partial charge in [0.25, 0.3) is 0 Å². The van der Waals surface area contributed by atoms with Crippen molar-refractivity contribution in [3.63, 3.8) is 0 Å². The Bertz CT molecular complexity index is 800. The van der Waals surface area contributed by atoms with Crippen LogP contribution in [0.1, 0.15) is 17.2 Å². The molecule has 3 rings (SSSR count). The maximum absolute atomic E-state index is 13.3. The normalized spacial score (nSPS) is 12.8. The van der Waals surface area contributed by atoms with E-state index in [0.29, 0.717) is 0 Å². The second-order valence-corrected chi connectivity index (χ2v) is 7.28. The molecule has 1 aromatic heterocycles. The van der Waals surface area contributed by atoms with Crippen LogP contribution < -0.4 is 5.32 Å². The average molecular weight is 429 g/mol. The Morgan fingerprint density at radius 3 is 2.62 bits per heavy atom. The van der Waals surface area contributed by atoms with Gasteiger partial charge in [-0.2, -0.15) is 0 Å². The molecule has 1 atom stereocenters. The van der Waals surface area contributed by atoms with E-state index in [1.54, 1.807) is 11.3 Å². The first-order valence-corrected chi connectivity index (χ1v) is 8.86. The molecule has 0 spiro atoms. The van der Waals surface area contributed by atoms with E-state index in [1.165, 1.54) is 27.8 Å². The van der Waals surface area contributed by atoms with E-state index in [-0.39, 0.29) is 11.9 Å². The van der Waals surface area contributed by atoms with Crippen LogP contribution in [0, 0.1) is 5.82 Å². The predicted molar refractivity (Wildman–Crippen MR) is 94.5 cm³/mol. The highest BCUT2D eigenvalue weighted by Crippen LogP contribution is 2.38. The Morgan fingerprint density at radius 2 is 1.90 bits per heavy atom. The largest absolute Gasteiger partial charge is 0.309 e. The number of nitrogens with one attached hydrogen (secondary N) is 1. The molecule has 1 unspecified atom stereocenters. The zero-order chi connectivity index (χ0) is 15.0. The van der Waals surface area contributed by atoms with Crippen LogP contribution in [0.25, 0.3) is 10.1 Å². The maximum atomic E-state index is 13.3. The van der Waals surface area contributed by atoms with Crippen molar-refractivity contribution in [2.45, 2.75) is 6.04 Å². The van der Waals surface area contributed by atoms with Crippen LogP contribution in [0.5, 0.6) is 0 Å². The van der Waals surface area contributed by atoms with Crippen LogP contribution in [-0.4, -0.2) is 7.05 Å². The van der Waals surface area contributed by atoms with Gasteiger partial charge in [0.2, 0.25) is 0 Å². The Morgan fingerprint density at radius 1 is 1.10 bits per heavy atom. The molecule has 2 aromatic carbocycles. The van der Waals surface area contributed by atoms with Crippen molar-refractivity contribution < 1.29 is 4.39 Å². The third kappa shape index (κ3) is 2.80. The number of halogens is 3. The van der Waals surface area contributed by atoms with E-state index < -0.39 is 0 Å². The van der Waals surface area contributed by atoms with Crippen LogP contribution in [-0.2, 0) is 0 Å². The number of rotatable bonds is 3. The van der Waals surface area contributed by atoms with Crippen LogP contribution in [0.2, 0.25) is 0 Å². The van der Waals surface area contributed by atoms with Crippen molar-refractivity contribution in [1.82, 2.24) is 5.32 Å². The smallest absolute Gasteiger partial charge is 0.124 e. The molecule has 3 aromatic rings. The van der Waals surface area contributed by atoms with E-state index in [0.717, 1.165) is 14.5 Å². The molecule has 0 saturated carbocycles. The van der Waals surface area contributed by atoms with Gasteiger partial charge in [-0.05, 0) is 63.1 Å². The highest BCUT2D eigenvalue weighted by molar-refractivity contribution is 9.11. The minimum absolute atomic E-state index is 0.0167. The molecule has 21 heavy (non-hydrogen) atoms. The number of fused-ring (bicyclic) bond motifs is 1. The van der Waals surface area contributed by atoms with Gasteiger partial charge in [0.1, 0.15) is 5.82 Å². The summed E-state index contributed by atoms with van der Waals surface area (Å²) < 4.78 is 16.4. The fourth-order valence-corrected chi connectivity index (χ4v) is 4.71. The molecule has 108 valence electrons. The molecule has 0 fully saturated rings. The molecule has 1 heterocycles. The lowest BCUT2D eigenvalue weighted by Gasteiger charge is -2.18. The van der Waals surface area contributed by atoms with Crippen molar-refractivity contribution in [3.05, 3.63) is 67.7 Å². The molecule has 0 radical (unpaired) electrons. The van der Waals surface area contributed by atoms with Gasteiger partial charge in [-0.25, -0.2) is 4.39 Å². The molecule has 0 aliphatic rings. The minimum atomic E-state index is -0.238. The van der Waals surface area contributed by atoms with E-state index in [9.17, 15) is 4.39 Å². The fraction of sp³-hybridized carbons (Fsp3) is 0.125. The van der Waals surface area contributed by atoms with Gasteiger partial charge in [-0.15, -0.1) is 11.3 Å². The molecule has 0 aliphatic carbocycles. The van der Waals surface area contributed by atoms with Crippen molar-refractivity contribution in [1.29, 1.82) is 0 Å². The van der Waals surface area contributed by atoms with Crippen molar-refractivity contribution in [3.8, 4) is 0 Å². The van der Waals surface area contributed by atoms with Gasteiger partial charge in [0.15, 0.2) is 0 Å². The Labute approximate surface area is 143 Å². The zero-order valence-corrected chi connectivity index (χ0v) is 15.1. The lowest BCUT2D eigenvalue weighted by atomic mass is 9.98. The topological polar surface area (TPSA) is 12.0 Å². The summed E-state index contributed by atoms with van der Waals surface area (Å²) in [5, 5.41) is 6.70. The molecule has 1 nitrogen and oxygen atoms in total. The summed E-state index contributed by atoms with van der Waals surface area (Å²) in [6, 6.07) is 11.0. The number of hydrogen-bond donors (Lipinski definition) is 1. The predicted octanol–water partition coefficient (Wildman–Crippen LogP) is 5.87. The van der Waals surface area contributed by atoms with Gasteiger partial charge >= 0.3 is 0 Å². The first-order chi connectivity index (χ1) is 10.1. The number of hydrogen-bond acceptors (Lipinski definition) is 2. The highest BCUT2D eigenvalue weighted by atomic mass is 79.9. The van der Waals surface area contributed by atoms with Crippen molar-refractivity contribution in [2.75, 3.05) is 7.05 Å². The molecule has 0 aliphatic heterocycles. The third-order valence-corrected chi connectivity index (χ3v) is 6.11. The Balaban J connectivity index is 2.16.